The molecule has 0 aliphatic heterocycles. The number of benzene rings is 1. The first-order valence-electron chi connectivity index (χ1n) is 8.14. The summed E-state index contributed by atoms with van der Waals surface area (Å²) in [6, 6.07) is 11.7. The molecule has 6 heteroatoms. The fourth-order valence-corrected chi connectivity index (χ4v) is 3.51. The highest BCUT2D eigenvalue weighted by atomic mass is 32.1. The third-order valence-electron chi connectivity index (χ3n) is 3.90. The Kier molecular flexibility index (Phi) is 5.19. The van der Waals surface area contributed by atoms with Crippen molar-refractivity contribution in [3.8, 4) is 0 Å². The molecule has 0 saturated heterocycles. The molecule has 1 amide bonds. The molecule has 0 bridgehead atoms. The lowest BCUT2D eigenvalue weighted by Crippen LogP contribution is -2.28. The zero-order valence-corrected chi connectivity index (χ0v) is 15.1. The van der Waals surface area contributed by atoms with Gasteiger partial charge in [0.25, 0.3) is 0 Å². The number of fused-ring (bicyclic) bond motifs is 1. The molecule has 3 rings (SSSR count). The van der Waals surface area contributed by atoms with Gasteiger partial charge in [0.05, 0.1) is 6.61 Å². The second-order valence-corrected chi connectivity index (χ2v) is 6.67. The molecule has 5 nitrogen and oxygen atoms in total. The van der Waals surface area contributed by atoms with E-state index in [9.17, 15) is 9.59 Å². The topological polar surface area (TPSA) is 60.3 Å². The molecule has 0 atom stereocenters. The molecule has 130 valence electrons. The second-order valence-electron chi connectivity index (χ2n) is 5.78. The molecule has 0 aliphatic rings. The van der Waals surface area contributed by atoms with Crippen LogP contribution < -0.4 is 5.32 Å². The van der Waals surface area contributed by atoms with Gasteiger partial charge in [-0.3, -0.25) is 4.79 Å². The standard InChI is InChI=1S/C19H20N2O3S/c1-3-24-19(23)16-10-15-8-9-25-18(15)21(16)12-17(22)20-11-14-6-4-13(2)5-7-14/h4-10H,3,11-12H2,1-2H3,(H,20,22). The minimum atomic E-state index is -0.405. The number of hydrogen-bond acceptors (Lipinski definition) is 4. The lowest BCUT2D eigenvalue weighted by Gasteiger charge is -2.10. The van der Waals surface area contributed by atoms with Gasteiger partial charge in [0.1, 0.15) is 17.1 Å². The summed E-state index contributed by atoms with van der Waals surface area (Å²) in [7, 11) is 0. The van der Waals surface area contributed by atoms with Gasteiger partial charge >= 0.3 is 5.97 Å². The van der Waals surface area contributed by atoms with Crippen molar-refractivity contribution in [1.82, 2.24) is 9.88 Å². The third kappa shape index (κ3) is 3.91. The largest absolute Gasteiger partial charge is 0.461 e. The number of ether oxygens (including phenoxy) is 1. The molecule has 2 aromatic heterocycles. The summed E-state index contributed by atoms with van der Waals surface area (Å²) in [5, 5.41) is 5.79. The number of esters is 1. The van der Waals surface area contributed by atoms with Gasteiger partial charge in [0.15, 0.2) is 0 Å². The molecule has 0 unspecified atom stereocenters. The number of aryl methyl sites for hydroxylation is 1. The Morgan fingerprint density at radius 3 is 2.68 bits per heavy atom. The number of nitrogens with one attached hydrogen (secondary N) is 1. The van der Waals surface area contributed by atoms with Crippen LogP contribution in [0.2, 0.25) is 0 Å². The molecule has 2 heterocycles. The van der Waals surface area contributed by atoms with E-state index in [0.717, 1.165) is 15.8 Å². The van der Waals surface area contributed by atoms with Crippen molar-refractivity contribution in [2.45, 2.75) is 26.9 Å². The van der Waals surface area contributed by atoms with Gasteiger partial charge in [-0.2, -0.15) is 0 Å². The third-order valence-corrected chi connectivity index (χ3v) is 4.85. The summed E-state index contributed by atoms with van der Waals surface area (Å²) in [5.41, 5.74) is 2.63. The van der Waals surface area contributed by atoms with E-state index in [1.807, 2.05) is 42.6 Å². The number of amides is 1. The van der Waals surface area contributed by atoms with Crippen molar-refractivity contribution in [3.05, 3.63) is 58.6 Å². The van der Waals surface area contributed by atoms with Crippen LogP contribution in [-0.4, -0.2) is 23.1 Å². The highest BCUT2D eigenvalue weighted by Gasteiger charge is 2.19. The van der Waals surface area contributed by atoms with Gasteiger partial charge in [0.2, 0.25) is 5.91 Å². The van der Waals surface area contributed by atoms with Crippen LogP contribution in [0.3, 0.4) is 0 Å². The lowest BCUT2D eigenvalue weighted by atomic mass is 10.1. The highest BCUT2D eigenvalue weighted by molar-refractivity contribution is 7.16. The van der Waals surface area contributed by atoms with Gasteiger partial charge in [0, 0.05) is 11.9 Å². The van der Waals surface area contributed by atoms with Crippen LogP contribution >= 0.6 is 11.3 Å². The second kappa shape index (κ2) is 7.53. The maximum atomic E-state index is 12.4. The zero-order chi connectivity index (χ0) is 17.8. The van der Waals surface area contributed by atoms with E-state index in [0.29, 0.717) is 18.8 Å². The molecular formula is C19H20N2O3S. The smallest absolute Gasteiger partial charge is 0.355 e. The van der Waals surface area contributed by atoms with Crippen LogP contribution in [0.5, 0.6) is 0 Å². The van der Waals surface area contributed by atoms with E-state index in [-0.39, 0.29) is 12.5 Å². The van der Waals surface area contributed by atoms with Gasteiger partial charge in [-0.05, 0) is 36.9 Å². The minimum absolute atomic E-state index is 0.0873. The van der Waals surface area contributed by atoms with E-state index in [2.05, 4.69) is 5.32 Å². The van der Waals surface area contributed by atoms with Crippen LogP contribution in [0.1, 0.15) is 28.5 Å². The van der Waals surface area contributed by atoms with Gasteiger partial charge < -0.3 is 14.6 Å². The SMILES string of the molecule is CCOC(=O)c1cc2ccsc2n1CC(=O)NCc1ccc(C)cc1. The Labute approximate surface area is 150 Å². The number of carbonyl (C=O) groups is 2. The Balaban J connectivity index is 1.73. The van der Waals surface area contributed by atoms with Crippen molar-refractivity contribution in [3.63, 3.8) is 0 Å². The first-order chi connectivity index (χ1) is 12.1. The predicted molar refractivity (Wildman–Crippen MR) is 98.8 cm³/mol. The molecular weight excluding hydrogens is 336 g/mol. The number of nitrogens with zero attached hydrogens (tertiary/aromatic N) is 1. The fourth-order valence-electron chi connectivity index (χ4n) is 2.61. The van der Waals surface area contributed by atoms with E-state index < -0.39 is 5.97 Å². The maximum Gasteiger partial charge on any atom is 0.355 e. The Bertz CT molecular complexity index is 893. The van der Waals surface area contributed by atoms with Gasteiger partial charge in [-0.15, -0.1) is 11.3 Å². The number of thiophene rings is 1. The molecule has 1 N–H and O–H groups in total. The van der Waals surface area contributed by atoms with E-state index >= 15 is 0 Å². The molecule has 25 heavy (non-hydrogen) atoms. The quantitative estimate of drug-likeness (QED) is 0.688. The average molecular weight is 356 g/mol. The first kappa shape index (κ1) is 17.2. The molecule has 1 aromatic carbocycles. The van der Waals surface area contributed by atoms with Crippen LogP contribution in [-0.2, 0) is 22.6 Å². The summed E-state index contributed by atoms with van der Waals surface area (Å²) in [5.74, 6) is -0.547. The highest BCUT2D eigenvalue weighted by Crippen LogP contribution is 2.25. The molecule has 0 radical (unpaired) electrons. The van der Waals surface area contributed by atoms with Crippen molar-refractivity contribution < 1.29 is 14.3 Å². The van der Waals surface area contributed by atoms with Gasteiger partial charge in [-0.25, -0.2) is 4.79 Å². The number of hydrogen-bond donors (Lipinski definition) is 1. The zero-order valence-electron chi connectivity index (χ0n) is 14.2. The molecule has 0 spiro atoms. The predicted octanol–water partition coefficient (Wildman–Crippen LogP) is 3.50. The molecule has 0 fully saturated rings. The van der Waals surface area contributed by atoms with Gasteiger partial charge in [-0.1, -0.05) is 29.8 Å². The van der Waals surface area contributed by atoms with Crippen molar-refractivity contribution in [2.75, 3.05) is 6.61 Å². The van der Waals surface area contributed by atoms with Crippen molar-refractivity contribution in [2.24, 2.45) is 0 Å². The fraction of sp³-hybridized carbons (Fsp3) is 0.263. The van der Waals surface area contributed by atoms with Crippen molar-refractivity contribution in [1.29, 1.82) is 0 Å². The Hall–Kier alpha value is -2.60. The summed E-state index contributed by atoms with van der Waals surface area (Å²) in [6.07, 6.45) is 0. The molecule has 3 aromatic rings. The van der Waals surface area contributed by atoms with Crippen molar-refractivity contribution >= 4 is 33.4 Å². The maximum absolute atomic E-state index is 12.4. The average Bonchev–Trinajstić information content (AvgIpc) is 3.17. The lowest BCUT2D eigenvalue weighted by molar-refractivity contribution is -0.121. The minimum Gasteiger partial charge on any atom is -0.461 e. The number of aromatic nitrogens is 1. The monoisotopic (exact) mass is 356 g/mol. The number of rotatable bonds is 6. The van der Waals surface area contributed by atoms with E-state index in [1.54, 1.807) is 17.6 Å². The molecule has 0 saturated carbocycles. The normalized spacial score (nSPS) is 10.8. The number of carbonyl (C=O) groups excluding carboxylic acids is 2. The Morgan fingerprint density at radius 2 is 1.96 bits per heavy atom. The van der Waals surface area contributed by atoms with Crippen LogP contribution in [0.25, 0.3) is 10.2 Å². The summed E-state index contributed by atoms with van der Waals surface area (Å²) < 4.78 is 6.83. The van der Waals surface area contributed by atoms with Crippen LogP contribution in [0.4, 0.5) is 0 Å². The summed E-state index contributed by atoms with van der Waals surface area (Å²) in [4.78, 5) is 25.4. The van der Waals surface area contributed by atoms with E-state index in [4.69, 9.17) is 4.74 Å². The van der Waals surface area contributed by atoms with Crippen LogP contribution in [0, 0.1) is 6.92 Å². The molecule has 0 aliphatic carbocycles. The Morgan fingerprint density at radius 1 is 1.20 bits per heavy atom. The van der Waals surface area contributed by atoms with Crippen LogP contribution in [0.15, 0.2) is 41.8 Å². The first-order valence-corrected chi connectivity index (χ1v) is 9.02. The summed E-state index contributed by atoms with van der Waals surface area (Å²) in [6.45, 7) is 4.64. The summed E-state index contributed by atoms with van der Waals surface area (Å²) >= 11 is 1.50. The van der Waals surface area contributed by atoms with E-state index in [1.165, 1.54) is 16.9 Å².